The number of carbonyl (C=O) groups is 1. The molecule has 0 aliphatic heterocycles. The highest BCUT2D eigenvalue weighted by Gasteiger charge is 2.31. The SMILES string of the molecule is COC(=O)CN(C(C)C)S(=O)(=O)c1cc(C)sc1C. The molecule has 7 heteroatoms. The Labute approximate surface area is 118 Å². The number of esters is 1. The second-order valence-corrected chi connectivity index (χ2v) is 7.82. The number of sulfonamides is 1. The molecule has 0 atom stereocenters. The predicted molar refractivity (Wildman–Crippen MR) is 74.8 cm³/mol. The maximum absolute atomic E-state index is 12.6. The first kappa shape index (κ1) is 16.1. The van der Waals surface area contributed by atoms with E-state index in [2.05, 4.69) is 4.74 Å². The second kappa shape index (κ2) is 6.02. The van der Waals surface area contributed by atoms with E-state index in [1.807, 2.05) is 6.92 Å². The van der Waals surface area contributed by atoms with Gasteiger partial charge in [-0.25, -0.2) is 8.42 Å². The van der Waals surface area contributed by atoms with E-state index in [1.165, 1.54) is 18.4 Å². The van der Waals surface area contributed by atoms with E-state index in [-0.39, 0.29) is 17.5 Å². The van der Waals surface area contributed by atoms with Gasteiger partial charge < -0.3 is 4.74 Å². The van der Waals surface area contributed by atoms with Gasteiger partial charge in [0.1, 0.15) is 6.54 Å². The van der Waals surface area contributed by atoms with E-state index in [0.717, 1.165) is 14.1 Å². The van der Waals surface area contributed by atoms with Gasteiger partial charge >= 0.3 is 5.97 Å². The summed E-state index contributed by atoms with van der Waals surface area (Å²) >= 11 is 1.43. The Balaban J connectivity index is 3.21. The standard InChI is InChI=1S/C12H19NO4S2/c1-8(2)13(7-12(14)17-5)19(15,16)11-6-9(3)18-10(11)4/h6,8H,7H2,1-5H3. The molecule has 0 aliphatic carbocycles. The average molecular weight is 305 g/mol. The van der Waals surface area contributed by atoms with Gasteiger partial charge in [-0.2, -0.15) is 4.31 Å². The number of hydrogen-bond acceptors (Lipinski definition) is 5. The van der Waals surface area contributed by atoms with Crippen molar-refractivity contribution in [1.82, 2.24) is 4.31 Å². The minimum atomic E-state index is -3.67. The van der Waals surface area contributed by atoms with Gasteiger partial charge in [-0.15, -0.1) is 11.3 Å². The molecular weight excluding hydrogens is 286 g/mol. The van der Waals surface area contributed by atoms with Crippen LogP contribution in [-0.2, 0) is 19.6 Å². The molecule has 0 saturated heterocycles. The highest BCUT2D eigenvalue weighted by Crippen LogP contribution is 2.28. The highest BCUT2D eigenvalue weighted by atomic mass is 32.2. The molecule has 0 N–H and O–H groups in total. The van der Waals surface area contributed by atoms with Crippen molar-refractivity contribution in [3.8, 4) is 0 Å². The fourth-order valence-electron chi connectivity index (χ4n) is 1.73. The quantitative estimate of drug-likeness (QED) is 0.780. The Kier molecular flexibility index (Phi) is 5.11. The monoisotopic (exact) mass is 305 g/mol. The topological polar surface area (TPSA) is 63.7 Å². The van der Waals surface area contributed by atoms with Crippen LogP contribution < -0.4 is 0 Å². The van der Waals surface area contributed by atoms with E-state index in [0.29, 0.717) is 0 Å². The molecule has 0 fully saturated rings. The van der Waals surface area contributed by atoms with Crippen LogP contribution >= 0.6 is 11.3 Å². The van der Waals surface area contributed by atoms with Crippen LogP contribution in [0.15, 0.2) is 11.0 Å². The smallest absolute Gasteiger partial charge is 0.321 e. The number of hydrogen-bond donors (Lipinski definition) is 0. The van der Waals surface area contributed by atoms with E-state index >= 15 is 0 Å². The molecule has 0 amide bonds. The van der Waals surface area contributed by atoms with Crippen LogP contribution in [0.1, 0.15) is 23.6 Å². The second-order valence-electron chi connectivity index (χ2n) is 4.50. The van der Waals surface area contributed by atoms with Crippen LogP contribution in [0.4, 0.5) is 0 Å². The predicted octanol–water partition coefficient (Wildman–Crippen LogP) is 1.94. The van der Waals surface area contributed by atoms with Gasteiger partial charge in [-0.05, 0) is 33.8 Å². The molecule has 1 heterocycles. The lowest BCUT2D eigenvalue weighted by Gasteiger charge is -2.24. The molecule has 1 aromatic rings. The highest BCUT2D eigenvalue weighted by molar-refractivity contribution is 7.89. The van der Waals surface area contributed by atoms with Crippen LogP contribution in [0, 0.1) is 13.8 Å². The summed E-state index contributed by atoms with van der Waals surface area (Å²) in [6.07, 6.45) is 0. The number of thiophene rings is 1. The molecule has 5 nitrogen and oxygen atoms in total. The maximum Gasteiger partial charge on any atom is 0.321 e. The Bertz CT molecular complexity index is 560. The summed E-state index contributed by atoms with van der Waals surface area (Å²) in [5, 5.41) is 0. The minimum Gasteiger partial charge on any atom is -0.468 e. The van der Waals surface area contributed by atoms with Crippen molar-refractivity contribution in [3.63, 3.8) is 0 Å². The lowest BCUT2D eigenvalue weighted by Crippen LogP contribution is -2.41. The maximum atomic E-state index is 12.6. The third kappa shape index (κ3) is 3.55. The van der Waals surface area contributed by atoms with Crippen molar-refractivity contribution >= 4 is 27.3 Å². The third-order valence-electron chi connectivity index (χ3n) is 2.67. The van der Waals surface area contributed by atoms with Gasteiger partial charge in [0.25, 0.3) is 0 Å². The van der Waals surface area contributed by atoms with E-state index in [9.17, 15) is 13.2 Å². The summed E-state index contributed by atoms with van der Waals surface area (Å²) in [6.45, 7) is 6.81. The number of carbonyl (C=O) groups excluding carboxylic acids is 1. The van der Waals surface area contributed by atoms with Crippen LogP contribution in [0.2, 0.25) is 0 Å². The molecule has 0 unspecified atom stereocenters. The molecule has 0 spiro atoms. The molecule has 1 aromatic heterocycles. The summed E-state index contributed by atoms with van der Waals surface area (Å²) in [7, 11) is -2.43. The Morgan fingerprint density at radius 3 is 2.37 bits per heavy atom. The summed E-state index contributed by atoms with van der Waals surface area (Å²) < 4.78 is 30.9. The third-order valence-corrected chi connectivity index (χ3v) is 5.91. The lowest BCUT2D eigenvalue weighted by molar-refractivity contribution is -0.141. The molecule has 0 saturated carbocycles. The molecule has 0 aromatic carbocycles. The molecule has 0 aliphatic rings. The van der Waals surface area contributed by atoms with Crippen molar-refractivity contribution < 1.29 is 17.9 Å². The summed E-state index contributed by atoms with van der Waals surface area (Å²) in [5.41, 5.74) is 0. The molecule has 1 rings (SSSR count). The normalized spacial score (nSPS) is 12.2. The first-order chi connectivity index (χ1) is 8.70. The average Bonchev–Trinajstić information content (AvgIpc) is 2.65. The van der Waals surface area contributed by atoms with Crippen molar-refractivity contribution in [2.75, 3.05) is 13.7 Å². The number of aryl methyl sites for hydroxylation is 2. The molecule has 19 heavy (non-hydrogen) atoms. The molecule has 0 radical (unpaired) electrons. The summed E-state index contributed by atoms with van der Waals surface area (Å²) in [6, 6.07) is 1.32. The van der Waals surface area contributed by atoms with Crippen LogP contribution in [-0.4, -0.2) is 38.4 Å². The zero-order valence-electron chi connectivity index (χ0n) is 11.8. The van der Waals surface area contributed by atoms with Gasteiger partial charge in [0.15, 0.2) is 0 Å². The molecular formula is C12H19NO4S2. The van der Waals surface area contributed by atoms with Crippen LogP contribution in [0.5, 0.6) is 0 Å². The van der Waals surface area contributed by atoms with Gasteiger partial charge in [-0.3, -0.25) is 4.79 Å². The summed E-state index contributed by atoms with van der Waals surface area (Å²) in [5.74, 6) is -0.568. The first-order valence-corrected chi connectivity index (χ1v) is 8.11. The Morgan fingerprint density at radius 2 is 2.00 bits per heavy atom. The fraction of sp³-hybridized carbons (Fsp3) is 0.583. The lowest BCUT2D eigenvalue weighted by atomic mass is 10.4. The van der Waals surface area contributed by atoms with Gasteiger partial charge in [0.2, 0.25) is 10.0 Å². The Morgan fingerprint density at radius 1 is 1.42 bits per heavy atom. The van der Waals surface area contributed by atoms with Gasteiger partial charge in [-0.1, -0.05) is 0 Å². The van der Waals surface area contributed by atoms with Crippen LogP contribution in [0.3, 0.4) is 0 Å². The van der Waals surface area contributed by atoms with Gasteiger partial charge in [0.05, 0.1) is 12.0 Å². The molecule has 108 valence electrons. The summed E-state index contributed by atoms with van der Waals surface area (Å²) in [4.78, 5) is 13.3. The molecule has 0 bridgehead atoms. The van der Waals surface area contributed by atoms with Crippen molar-refractivity contribution in [2.45, 2.75) is 38.6 Å². The fourth-order valence-corrected chi connectivity index (χ4v) is 4.83. The first-order valence-electron chi connectivity index (χ1n) is 5.85. The number of rotatable bonds is 5. The van der Waals surface area contributed by atoms with E-state index < -0.39 is 16.0 Å². The minimum absolute atomic E-state index is 0.271. The van der Waals surface area contributed by atoms with Gasteiger partial charge in [0, 0.05) is 15.8 Å². The van der Waals surface area contributed by atoms with E-state index in [4.69, 9.17) is 0 Å². The Hall–Kier alpha value is -0.920. The van der Waals surface area contributed by atoms with Crippen molar-refractivity contribution in [1.29, 1.82) is 0 Å². The number of methoxy groups -OCH3 is 1. The zero-order valence-corrected chi connectivity index (χ0v) is 13.4. The van der Waals surface area contributed by atoms with Crippen molar-refractivity contribution in [2.24, 2.45) is 0 Å². The van der Waals surface area contributed by atoms with E-state index in [1.54, 1.807) is 26.8 Å². The number of nitrogens with zero attached hydrogens (tertiary/aromatic N) is 1. The largest absolute Gasteiger partial charge is 0.468 e. The van der Waals surface area contributed by atoms with Crippen LogP contribution in [0.25, 0.3) is 0 Å². The number of ether oxygens (including phenoxy) is 1. The van der Waals surface area contributed by atoms with Crippen molar-refractivity contribution in [3.05, 3.63) is 15.8 Å². The zero-order chi connectivity index (χ0) is 14.8.